The first kappa shape index (κ1) is 10.1. The summed E-state index contributed by atoms with van der Waals surface area (Å²) in [6, 6.07) is 7.93. The monoisotopic (exact) mass is 206 g/mol. The third kappa shape index (κ3) is 2.55. The Balaban J connectivity index is 1.97. The van der Waals surface area contributed by atoms with Gasteiger partial charge in [0, 0.05) is 7.11 Å². The summed E-state index contributed by atoms with van der Waals surface area (Å²) in [6.45, 7) is 1.70. The lowest BCUT2D eigenvalue weighted by Crippen LogP contribution is -2.02. The molecule has 15 heavy (non-hydrogen) atoms. The van der Waals surface area contributed by atoms with E-state index in [0.717, 1.165) is 16.9 Å². The van der Waals surface area contributed by atoms with Gasteiger partial charge in [0.2, 0.25) is 0 Å². The van der Waals surface area contributed by atoms with Crippen LogP contribution in [0.15, 0.2) is 24.3 Å². The van der Waals surface area contributed by atoms with Crippen molar-refractivity contribution in [2.24, 2.45) is 0 Å². The van der Waals surface area contributed by atoms with E-state index in [2.05, 4.69) is 9.97 Å². The maximum atomic E-state index is 5.37. The van der Waals surface area contributed by atoms with Crippen molar-refractivity contribution in [1.29, 1.82) is 0 Å². The van der Waals surface area contributed by atoms with Gasteiger partial charge in [-0.2, -0.15) is 0 Å². The minimum atomic E-state index is 0.498. The number of hydrogen-bond donors (Lipinski definition) is 1. The standard InChI is InChI=1S/C11H14N2O2/c1-14-6-7-15-8-11-12-9-4-2-3-5-10(9)13-11/h2-5H,6-8H2,1H3,(H,12,13). The number of hydrogen-bond acceptors (Lipinski definition) is 3. The van der Waals surface area contributed by atoms with E-state index in [1.165, 1.54) is 0 Å². The lowest BCUT2D eigenvalue weighted by Gasteiger charge is -1.99. The van der Waals surface area contributed by atoms with E-state index < -0.39 is 0 Å². The molecule has 0 fully saturated rings. The summed E-state index contributed by atoms with van der Waals surface area (Å²) in [5.41, 5.74) is 2.02. The van der Waals surface area contributed by atoms with E-state index in [4.69, 9.17) is 9.47 Å². The molecule has 0 aliphatic rings. The second-order valence-electron chi connectivity index (χ2n) is 3.25. The SMILES string of the molecule is COCCOCc1nc2ccccc2[nH]1. The summed E-state index contributed by atoms with van der Waals surface area (Å²) in [4.78, 5) is 7.58. The van der Waals surface area contributed by atoms with E-state index in [1.54, 1.807) is 7.11 Å². The van der Waals surface area contributed by atoms with Crippen LogP contribution in [-0.4, -0.2) is 30.3 Å². The van der Waals surface area contributed by atoms with Gasteiger partial charge in [0.05, 0.1) is 24.2 Å². The van der Waals surface area contributed by atoms with Gasteiger partial charge in [-0.1, -0.05) is 12.1 Å². The summed E-state index contributed by atoms with van der Waals surface area (Å²) in [7, 11) is 1.66. The number of imidazole rings is 1. The smallest absolute Gasteiger partial charge is 0.133 e. The Kier molecular flexibility index (Phi) is 3.32. The van der Waals surface area contributed by atoms with Crippen LogP contribution in [-0.2, 0) is 16.1 Å². The van der Waals surface area contributed by atoms with Crippen molar-refractivity contribution in [2.45, 2.75) is 6.61 Å². The van der Waals surface area contributed by atoms with Gasteiger partial charge in [-0.05, 0) is 12.1 Å². The van der Waals surface area contributed by atoms with Crippen molar-refractivity contribution in [3.8, 4) is 0 Å². The number of H-pyrrole nitrogens is 1. The number of nitrogens with zero attached hydrogens (tertiary/aromatic N) is 1. The highest BCUT2D eigenvalue weighted by atomic mass is 16.5. The highest BCUT2D eigenvalue weighted by Gasteiger charge is 2.00. The van der Waals surface area contributed by atoms with Crippen LogP contribution in [0.4, 0.5) is 0 Å². The highest BCUT2D eigenvalue weighted by Crippen LogP contribution is 2.10. The zero-order chi connectivity index (χ0) is 10.5. The number of fused-ring (bicyclic) bond motifs is 1. The molecule has 4 heteroatoms. The number of ether oxygens (including phenoxy) is 2. The van der Waals surface area contributed by atoms with Gasteiger partial charge in [0.25, 0.3) is 0 Å². The Morgan fingerprint density at radius 1 is 1.27 bits per heavy atom. The number of aromatic amines is 1. The molecule has 0 spiro atoms. The van der Waals surface area contributed by atoms with E-state index in [1.807, 2.05) is 24.3 Å². The average Bonchev–Trinajstić information content (AvgIpc) is 2.67. The first-order valence-electron chi connectivity index (χ1n) is 4.90. The fraction of sp³-hybridized carbons (Fsp3) is 0.364. The predicted octanol–water partition coefficient (Wildman–Crippen LogP) is 1.73. The van der Waals surface area contributed by atoms with Crippen LogP contribution in [0.2, 0.25) is 0 Å². The molecule has 0 bridgehead atoms. The molecular weight excluding hydrogens is 192 g/mol. The molecule has 1 aromatic carbocycles. The molecular formula is C11H14N2O2. The fourth-order valence-electron chi connectivity index (χ4n) is 1.39. The molecule has 2 aromatic rings. The Labute approximate surface area is 88.2 Å². The highest BCUT2D eigenvalue weighted by molar-refractivity contribution is 5.74. The van der Waals surface area contributed by atoms with Gasteiger partial charge in [0.15, 0.2) is 0 Å². The third-order valence-electron chi connectivity index (χ3n) is 2.11. The molecule has 2 rings (SSSR count). The topological polar surface area (TPSA) is 47.1 Å². The van der Waals surface area contributed by atoms with Crippen LogP contribution in [0, 0.1) is 0 Å². The number of methoxy groups -OCH3 is 1. The van der Waals surface area contributed by atoms with E-state index in [-0.39, 0.29) is 0 Å². The van der Waals surface area contributed by atoms with Gasteiger partial charge in [0.1, 0.15) is 12.4 Å². The molecule has 1 heterocycles. The predicted molar refractivity (Wildman–Crippen MR) is 57.6 cm³/mol. The fourth-order valence-corrected chi connectivity index (χ4v) is 1.39. The molecule has 1 N–H and O–H groups in total. The van der Waals surface area contributed by atoms with Gasteiger partial charge < -0.3 is 14.5 Å². The van der Waals surface area contributed by atoms with Crippen molar-refractivity contribution in [2.75, 3.05) is 20.3 Å². The summed E-state index contributed by atoms with van der Waals surface area (Å²) in [5, 5.41) is 0. The van der Waals surface area contributed by atoms with Crippen molar-refractivity contribution >= 4 is 11.0 Å². The van der Waals surface area contributed by atoms with Gasteiger partial charge in [-0.3, -0.25) is 0 Å². The van der Waals surface area contributed by atoms with Crippen LogP contribution in [0.5, 0.6) is 0 Å². The molecule has 0 radical (unpaired) electrons. The summed E-state index contributed by atoms with van der Waals surface area (Å²) >= 11 is 0. The Morgan fingerprint density at radius 2 is 2.13 bits per heavy atom. The number of benzene rings is 1. The van der Waals surface area contributed by atoms with Crippen molar-refractivity contribution < 1.29 is 9.47 Å². The number of rotatable bonds is 5. The lowest BCUT2D eigenvalue weighted by atomic mass is 10.3. The number of para-hydroxylation sites is 2. The molecule has 0 atom stereocenters. The molecule has 80 valence electrons. The second kappa shape index (κ2) is 4.91. The summed E-state index contributed by atoms with van der Waals surface area (Å²) in [5.74, 6) is 0.854. The quantitative estimate of drug-likeness (QED) is 0.758. The number of aromatic nitrogens is 2. The maximum Gasteiger partial charge on any atom is 0.133 e. The zero-order valence-corrected chi connectivity index (χ0v) is 8.69. The zero-order valence-electron chi connectivity index (χ0n) is 8.69. The molecule has 0 amide bonds. The largest absolute Gasteiger partial charge is 0.382 e. The number of nitrogens with one attached hydrogen (secondary N) is 1. The summed E-state index contributed by atoms with van der Waals surface area (Å²) < 4.78 is 10.3. The van der Waals surface area contributed by atoms with Gasteiger partial charge >= 0.3 is 0 Å². The van der Waals surface area contributed by atoms with Crippen molar-refractivity contribution in [3.05, 3.63) is 30.1 Å². The Hall–Kier alpha value is -1.39. The van der Waals surface area contributed by atoms with Crippen LogP contribution < -0.4 is 0 Å². The molecule has 0 saturated carbocycles. The van der Waals surface area contributed by atoms with Crippen LogP contribution in [0.25, 0.3) is 11.0 Å². The molecule has 0 saturated heterocycles. The van der Waals surface area contributed by atoms with E-state index in [9.17, 15) is 0 Å². The molecule has 0 aliphatic carbocycles. The van der Waals surface area contributed by atoms with E-state index >= 15 is 0 Å². The van der Waals surface area contributed by atoms with Crippen molar-refractivity contribution in [3.63, 3.8) is 0 Å². The minimum absolute atomic E-state index is 0.498. The van der Waals surface area contributed by atoms with E-state index in [0.29, 0.717) is 19.8 Å². The normalized spacial score (nSPS) is 11.0. The third-order valence-corrected chi connectivity index (χ3v) is 2.11. The first-order valence-corrected chi connectivity index (χ1v) is 4.90. The van der Waals surface area contributed by atoms with Crippen LogP contribution in [0.3, 0.4) is 0 Å². The maximum absolute atomic E-state index is 5.37. The summed E-state index contributed by atoms with van der Waals surface area (Å²) in [6.07, 6.45) is 0. The van der Waals surface area contributed by atoms with Crippen LogP contribution >= 0.6 is 0 Å². The van der Waals surface area contributed by atoms with Gasteiger partial charge in [-0.15, -0.1) is 0 Å². The molecule has 0 unspecified atom stereocenters. The van der Waals surface area contributed by atoms with Crippen LogP contribution in [0.1, 0.15) is 5.82 Å². The Morgan fingerprint density at radius 3 is 2.93 bits per heavy atom. The second-order valence-corrected chi connectivity index (χ2v) is 3.25. The average molecular weight is 206 g/mol. The Bertz CT molecular complexity index is 392. The van der Waals surface area contributed by atoms with Gasteiger partial charge in [-0.25, -0.2) is 4.98 Å². The lowest BCUT2D eigenvalue weighted by molar-refractivity contribution is 0.0590. The first-order chi connectivity index (χ1) is 7.40. The van der Waals surface area contributed by atoms with Crippen molar-refractivity contribution in [1.82, 2.24) is 9.97 Å². The molecule has 1 aromatic heterocycles. The molecule has 0 aliphatic heterocycles. The minimum Gasteiger partial charge on any atom is -0.382 e. The molecule has 4 nitrogen and oxygen atoms in total.